The van der Waals surface area contributed by atoms with Gasteiger partial charge >= 0.3 is 0 Å². The Morgan fingerprint density at radius 2 is 1.88 bits per heavy atom. The Bertz CT molecular complexity index is 1030. The predicted octanol–water partition coefficient (Wildman–Crippen LogP) is 4.02. The number of epoxide rings is 1. The number of rotatable bonds is 11. The monoisotopic (exact) mass is 460 g/mol. The highest BCUT2D eigenvalue weighted by Crippen LogP contribution is 2.30. The van der Waals surface area contributed by atoms with Crippen molar-refractivity contribution in [1.29, 1.82) is 0 Å². The summed E-state index contributed by atoms with van der Waals surface area (Å²) in [5.41, 5.74) is 4.24. The van der Waals surface area contributed by atoms with Crippen molar-refractivity contribution in [1.82, 2.24) is 5.32 Å². The van der Waals surface area contributed by atoms with Gasteiger partial charge in [0, 0.05) is 19.1 Å². The normalized spacial score (nSPS) is 17.8. The third-order valence-electron chi connectivity index (χ3n) is 6.07. The van der Waals surface area contributed by atoms with Gasteiger partial charge in [-0.1, -0.05) is 37.1 Å². The summed E-state index contributed by atoms with van der Waals surface area (Å²) in [6.07, 6.45) is 1.17. The lowest BCUT2D eigenvalue weighted by Crippen LogP contribution is -2.34. The molecule has 2 aromatic carbocycles. The van der Waals surface area contributed by atoms with Crippen LogP contribution in [-0.2, 0) is 14.8 Å². The summed E-state index contributed by atoms with van der Waals surface area (Å²) in [6, 6.07) is 11.0. The lowest BCUT2D eigenvalue weighted by atomic mass is 10.0. The molecule has 1 saturated heterocycles. The van der Waals surface area contributed by atoms with Crippen LogP contribution >= 0.6 is 0 Å². The van der Waals surface area contributed by atoms with Crippen molar-refractivity contribution in [2.24, 2.45) is 0 Å². The zero-order chi connectivity index (χ0) is 23.5. The highest BCUT2D eigenvalue weighted by molar-refractivity contribution is 7.92. The number of hydrogen-bond donors (Lipinski definition) is 2. The van der Waals surface area contributed by atoms with Crippen molar-refractivity contribution < 1.29 is 18.3 Å². The minimum absolute atomic E-state index is 0.175. The Morgan fingerprint density at radius 1 is 1.16 bits per heavy atom. The number of sulfonamides is 1. The lowest BCUT2D eigenvalue weighted by Gasteiger charge is -2.27. The van der Waals surface area contributed by atoms with Crippen LogP contribution in [-0.4, -0.2) is 45.4 Å². The molecule has 3 atom stereocenters. The fourth-order valence-corrected chi connectivity index (χ4v) is 5.60. The molecule has 6 nitrogen and oxygen atoms in total. The van der Waals surface area contributed by atoms with Crippen molar-refractivity contribution >= 4 is 15.7 Å². The second-order valence-electron chi connectivity index (χ2n) is 8.82. The van der Waals surface area contributed by atoms with E-state index in [1.54, 1.807) is 18.2 Å². The number of ether oxygens (including phenoxy) is 1. The number of nitrogens with zero attached hydrogens (tertiary/aromatic N) is 1. The van der Waals surface area contributed by atoms with Crippen LogP contribution in [0.5, 0.6) is 0 Å². The number of aliphatic hydroxyl groups is 1. The number of aryl methyl sites for hydroxylation is 3. The van der Waals surface area contributed by atoms with E-state index in [4.69, 9.17) is 4.74 Å². The second-order valence-corrected chi connectivity index (χ2v) is 10.7. The zero-order valence-electron chi connectivity index (χ0n) is 19.8. The van der Waals surface area contributed by atoms with E-state index in [1.165, 1.54) is 4.31 Å². The highest BCUT2D eigenvalue weighted by atomic mass is 32.2. The molecular formula is C25H36N2O4S. The van der Waals surface area contributed by atoms with Gasteiger partial charge in [0.05, 0.1) is 29.4 Å². The molecule has 3 rings (SSSR count). The average Bonchev–Trinajstić information content (AvgIpc) is 3.58. The van der Waals surface area contributed by atoms with Crippen LogP contribution in [0.25, 0.3) is 0 Å². The number of benzene rings is 2. The van der Waals surface area contributed by atoms with Gasteiger partial charge in [-0.3, -0.25) is 4.31 Å². The van der Waals surface area contributed by atoms with Crippen LogP contribution in [0.15, 0.2) is 41.3 Å². The fraction of sp³-hybridized carbons (Fsp3) is 0.520. The van der Waals surface area contributed by atoms with Crippen molar-refractivity contribution in [2.45, 2.75) is 70.6 Å². The Morgan fingerprint density at radius 3 is 2.47 bits per heavy atom. The molecule has 0 aliphatic carbocycles. The number of anilines is 1. The number of nitrogens with one attached hydrogen (secondary N) is 1. The molecule has 0 spiro atoms. The van der Waals surface area contributed by atoms with Crippen LogP contribution < -0.4 is 9.62 Å². The van der Waals surface area contributed by atoms with Gasteiger partial charge in [-0.05, 0) is 69.0 Å². The van der Waals surface area contributed by atoms with E-state index in [0.717, 1.165) is 41.7 Å². The van der Waals surface area contributed by atoms with E-state index in [1.807, 2.05) is 45.9 Å². The molecule has 7 heteroatoms. The van der Waals surface area contributed by atoms with Gasteiger partial charge in [0.2, 0.25) is 0 Å². The fourth-order valence-electron chi connectivity index (χ4n) is 3.95. The van der Waals surface area contributed by atoms with Gasteiger partial charge in [0.1, 0.15) is 0 Å². The minimum Gasteiger partial charge on any atom is -0.387 e. The standard InChI is InChI=1S/C25H36N2O4S/c1-6-7-12-27(23-11-8-17(2)13-19(23)4)32(29,30)21-9-10-22(18(3)14-21)24(28)15-26-20(5)25-16-31-25/h8-11,13-14,20,24-26,28H,6-7,12,15-16H2,1-5H3. The number of aliphatic hydroxyl groups excluding tert-OH is 1. The smallest absolute Gasteiger partial charge is 0.264 e. The van der Waals surface area contributed by atoms with Crippen LogP contribution in [0.1, 0.15) is 55.0 Å². The maximum absolute atomic E-state index is 13.6. The molecule has 0 bridgehead atoms. The number of unbranched alkanes of at least 4 members (excludes halogenated alkanes) is 1. The van der Waals surface area contributed by atoms with Gasteiger partial charge in [0.15, 0.2) is 0 Å². The SMILES string of the molecule is CCCCN(c1ccc(C)cc1C)S(=O)(=O)c1ccc(C(O)CNC(C)C2CO2)c(C)c1. The molecule has 1 aliphatic rings. The summed E-state index contributed by atoms with van der Waals surface area (Å²) >= 11 is 0. The van der Waals surface area contributed by atoms with Gasteiger partial charge < -0.3 is 15.2 Å². The molecular weight excluding hydrogens is 424 g/mol. The molecule has 0 aromatic heterocycles. The first-order valence-electron chi connectivity index (χ1n) is 11.4. The van der Waals surface area contributed by atoms with Crippen LogP contribution in [0.4, 0.5) is 5.69 Å². The predicted molar refractivity (Wildman–Crippen MR) is 129 cm³/mol. The van der Waals surface area contributed by atoms with Gasteiger partial charge in [-0.25, -0.2) is 8.42 Å². The Kier molecular flexibility index (Phi) is 7.98. The van der Waals surface area contributed by atoms with Gasteiger partial charge in [-0.2, -0.15) is 0 Å². The van der Waals surface area contributed by atoms with Gasteiger partial charge in [0.25, 0.3) is 10.0 Å². The molecule has 2 N–H and O–H groups in total. The molecule has 1 fully saturated rings. The average molecular weight is 461 g/mol. The van der Waals surface area contributed by atoms with E-state index < -0.39 is 16.1 Å². The Balaban J connectivity index is 1.85. The van der Waals surface area contributed by atoms with E-state index in [9.17, 15) is 13.5 Å². The van der Waals surface area contributed by atoms with Crippen molar-refractivity contribution in [3.8, 4) is 0 Å². The van der Waals surface area contributed by atoms with Crippen LogP contribution in [0.2, 0.25) is 0 Å². The third kappa shape index (κ3) is 5.70. The molecule has 32 heavy (non-hydrogen) atoms. The second kappa shape index (κ2) is 10.3. The first kappa shape index (κ1) is 24.7. The largest absolute Gasteiger partial charge is 0.387 e. The highest BCUT2D eigenvalue weighted by Gasteiger charge is 2.30. The maximum Gasteiger partial charge on any atom is 0.264 e. The number of hydrogen-bond acceptors (Lipinski definition) is 5. The summed E-state index contributed by atoms with van der Waals surface area (Å²) in [6.45, 7) is 11.5. The first-order chi connectivity index (χ1) is 15.1. The summed E-state index contributed by atoms with van der Waals surface area (Å²) in [5.74, 6) is 0. The van der Waals surface area contributed by atoms with E-state index in [0.29, 0.717) is 18.8 Å². The molecule has 2 aromatic rings. The molecule has 1 aliphatic heterocycles. The van der Waals surface area contributed by atoms with Gasteiger partial charge in [-0.15, -0.1) is 0 Å². The summed E-state index contributed by atoms with van der Waals surface area (Å²) in [7, 11) is -3.74. The van der Waals surface area contributed by atoms with Crippen molar-refractivity contribution in [3.63, 3.8) is 0 Å². The van der Waals surface area contributed by atoms with E-state index >= 15 is 0 Å². The molecule has 3 unspecified atom stereocenters. The summed E-state index contributed by atoms with van der Waals surface area (Å²) in [4.78, 5) is 0.245. The first-order valence-corrected chi connectivity index (χ1v) is 12.8. The summed E-state index contributed by atoms with van der Waals surface area (Å²) in [5, 5.41) is 13.9. The molecule has 1 heterocycles. The third-order valence-corrected chi connectivity index (χ3v) is 7.88. The van der Waals surface area contributed by atoms with E-state index in [-0.39, 0.29) is 17.0 Å². The quantitative estimate of drug-likeness (QED) is 0.495. The topological polar surface area (TPSA) is 82.2 Å². The molecule has 0 radical (unpaired) electrons. The van der Waals surface area contributed by atoms with Crippen LogP contribution in [0, 0.1) is 20.8 Å². The minimum atomic E-state index is -3.74. The van der Waals surface area contributed by atoms with Crippen molar-refractivity contribution in [3.05, 3.63) is 58.7 Å². The summed E-state index contributed by atoms with van der Waals surface area (Å²) < 4.78 is 34.1. The molecule has 176 valence electrons. The Labute approximate surface area is 192 Å². The lowest BCUT2D eigenvalue weighted by molar-refractivity contribution is 0.167. The van der Waals surface area contributed by atoms with Crippen LogP contribution in [0.3, 0.4) is 0 Å². The zero-order valence-corrected chi connectivity index (χ0v) is 20.6. The van der Waals surface area contributed by atoms with Crippen molar-refractivity contribution in [2.75, 3.05) is 24.0 Å². The molecule has 0 amide bonds. The Hall–Kier alpha value is -1.93. The molecule has 0 saturated carbocycles. The van der Waals surface area contributed by atoms with E-state index in [2.05, 4.69) is 12.2 Å². The maximum atomic E-state index is 13.6.